The van der Waals surface area contributed by atoms with Crippen molar-refractivity contribution in [2.45, 2.75) is 52.4 Å². The van der Waals surface area contributed by atoms with Crippen LogP contribution in [-0.2, 0) is 0 Å². The van der Waals surface area contributed by atoms with E-state index in [0.29, 0.717) is 0 Å². The lowest BCUT2D eigenvalue weighted by Crippen LogP contribution is -2.18. The molecule has 3 atom stereocenters. The summed E-state index contributed by atoms with van der Waals surface area (Å²) in [6, 6.07) is 0. The van der Waals surface area contributed by atoms with Gasteiger partial charge in [0.25, 0.3) is 0 Å². The molecule has 2 aliphatic carbocycles. The van der Waals surface area contributed by atoms with Gasteiger partial charge in [0, 0.05) is 18.1 Å². The lowest BCUT2D eigenvalue weighted by atomic mass is 9.77. The molecule has 0 N–H and O–H groups in total. The lowest BCUT2D eigenvalue weighted by Gasteiger charge is -2.29. The maximum atomic E-state index is 4.19. The van der Waals surface area contributed by atoms with Crippen molar-refractivity contribution in [1.82, 2.24) is 9.55 Å². The highest BCUT2D eigenvalue weighted by atomic mass is 15.0. The van der Waals surface area contributed by atoms with Gasteiger partial charge in [0.15, 0.2) is 0 Å². The molecule has 3 rings (SSSR count). The lowest BCUT2D eigenvalue weighted by molar-refractivity contribution is 0.284. The first-order chi connectivity index (χ1) is 9.74. The van der Waals surface area contributed by atoms with Gasteiger partial charge in [-0.3, -0.25) is 0 Å². The van der Waals surface area contributed by atoms with Gasteiger partial charge in [-0.2, -0.15) is 0 Å². The largest absolute Gasteiger partial charge is 0.310 e. The number of hydrogen-bond acceptors (Lipinski definition) is 1. The van der Waals surface area contributed by atoms with Crippen LogP contribution in [0.4, 0.5) is 0 Å². The van der Waals surface area contributed by atoms with Gasteiger partial charge in [-0.05, 0) is 63.2 Å². The van der Waals surface area contributed by atoms with Gasteiger partial charge in [0.2, 0.25) is 0 Å². The molecule has 2 aliphatic rings. The summed E-state index contributed by atoms with van der Waals surface area (Å²) in [6.45, 7) is 4.74. The molecule has 0 aromatic carbocycles. The van der Waals surface area contributed by atoms with Crippen LogP contribution in [0.25, 0.3) is 5.70 Å². The van der Waals surface area contributed by atoms with E-state index in [1.54, 1.807) is 5.57 Å². The molecule has 3 unspecified atom stereocenters. The third-order valence-corrected chi connectivity index (χ3v) is 5.23. The van der Waals surface area contributed by atoms with E-state index in [9.17, 15) is 0 Å². The normalized spacial score (nSPS) is 28.1. The summed E-state index contributed by atoms with van der Waals surface area (Å²) in [5, 5.41) is 0. The molecule has 2 nitrogen and oxygen atoms in total. The Hall–Kier alpha value is -1.31. The first-order valence-electron chi connectivity index (χ1n) is 8.08. The highest BCUT2D eigenvalue weighted by molar-refractivity contribution is 5.50. The van der Waals surface area contributed by atoms with Crippen molar-refractivity contribution in [3.63, 3.8) is 0 Å². The summed E-state index contributed by atoms with van der Waals surface area (Å²) in [4.78, 5) is 4.19. The Balaban J connectivity index is 1.61. The van der Waals surface area contributed by atoms with Crippen LogP contribution in [0.2, 0.25) is 0 Å². The SMILES string of the molecule is CC1=CCC(C(C)CC2CCC=C2n2ccnc2)CC1. The van der Waals surface area contributed by atoms with Crippen LogP contribution in [0.1, 0.15) is 52.4 Å². The van der Waals surface area contributed by atoms with Gasteiger partial charge in [0.05, 0.1) is 6.33 Å². The van der Waals surface area contributed by atoms with Crippen molar-refractivity contribution >= 4 is 5.70 Å². The molecule has 0 saturated carbocycles. The second kappa shape index (κ2) is 5.99. The van der Waals surface area contributed by atoms with E-state index in [1.807, 2.05) is 12.5 Å². The number of rotatable bonds is 4. The highest BCUT2D eigenvalue weighted by Gasteiger charge is 2.26. The molecule has 1 aromatic rings. The zero-order valence-electron chi connectivity index (χ0n) is 12.8. The van der Waals surface area contributed by atoms with Gasteiger partial charge in [-0.1, -0.05) is 24.6 Å². The van der Waals surface area contributed by atoms with Crippen LogP contribution >= 0.6 is 0 Å². The van der Waals surface area contributed by atoms with E-state index in [0.717, 1.165) is 17.8 Å². The number of imidazole rings is 1. The van der Waals surface area contributed by atoms with Crippen molar-refractivity contribution in [3.05, 3.63) is 36.4 Å². The van der Waals surface area contributed by atoms with Gasteiger partial charge in [0.1, 0.15) is 0 Å². The molecule has 0 aliphatic heterocycles. The Bertz CT molecular complexity index is 495. The molecule has 2 heteroatoms. The maximum absolute atomic E-state index is 4.19. The molecule has 0 bridgehead atoms. The summed E-state index contributed by atoms with van der Waals surface area (Å²) in [5.74, 6) is 2.45. The molecule has 0 spiro atoms. The first kappa shape index (κ1) is 13.7. The highest BCUT2D eigenvalue weighted by Crippen LogP contribution is 2.39. The molecular formula is C18H26N2. The molecule has 0 amide bonds. The topological polar surface area (TPSA) is 17.8 Å². The molecule has 0 radical (unpaired) electrons. The van der Waals surface area contributed by atoms with Crippen LogP contribution in [-0.4, -0.2) is 9.55 Å². The Kier molecular flexibility index (Phi) is 4.09. The molecule has 108 valence electrons. The second-order valence-electron chi connectivity index (χ2n) is 6.67. The molecule has 1 heterocycles. The minimum Gasteiger partial charge on any atom is -0.310 e. The zero-order chi connectivity index (χ0) is 13.9. The summed E-state index contributed by atoms with van der Waals surface area (Å²) in [7, 11) is 0. The summed E-state index contributed by atoms with van der Waals surface area (Å²) < 4.78 is 2.22. The van der Waals surface area contributed by atoms with Crippen LogP contribution in [0.15, 0.2) is 36.4 Å². The monoisotopic (exact) mass is 270 g/mol. The number of hydrogen-bond donors (Lipinski definition) is 0. The third kappa shape index (κ3) is 2.89. The fourth-order valence-electron chi connectivity index (χ4n) is 3.86. The minimum absolute atomic E-state index is 0.728. The van der Waals surface area contributed by atoms with Crippen molar-refractivity contribution in [3.8, 4) is 0 Å². The first-order valence-corrected chi connectivity index (χ1v) is 8.08. The zero-order valence-corrected chi connectivity index (χ0v) is 12.8. The van der Waals surface area contributed by atoms with E-state index < -0.39 is 0 Å². The Morgan fingerprint density at radius 2 is 2.25 bits per heavy atom. The van der Waals surface area contributed by atoms with Crippen LogP contribution in [0.5, 0.6) is 0 Å². The Labute approximate surface area is 122 Å². The molecule has 0 fully saturated rings. The average molecular weight is 270 g/mol. The Morgan fingerprint density at radius 3 is 2.95 bits per heavy atom. The van der Waals surface area contributed by atoms with Gasteiger partial charge in [-0.15, -0.1) is 0 Å². The van der Waals surface area contributed by atoms with E-state index in [2.05, 4.69) is 41.7 Å². The Morgan fingerprint density at radius 1 is 1.35 bits per heavy atom. The maximum Gasteiger partial charge on any atom is 0.0989 e. The van der Waals surface area contributed by atoms with Crippen molar-refractivity contribution < 1.29 is 0 Å². The third-order valence-electron chi connectivity index (χ3n) is 5.23. The molecule has 1 aromatic heterocycles. The average Bonchev–Trinajstić information content (AvgIpc) is 3.09. The standard InChI is InChI=1S/C18H26N2/c1-14-6-8-16(9-7-14)15(2)12-17-4-3-5-18(17)20-11-10-19-13-20/h5-6,10-11,13,15-17H,3-4,7-9,12H2,1-2H3. The number of allylic oxidation sites excluding steroid dienone is 4. The predicted octanol–water partition coefficient (Wildman–Crippen LogP) is 4.91. The predicted molar refractivity (Wildman–Crippen MR) is 84.1 cm³/mol. The van der Waals surface area contributed by atoms with Crippen molar-refractivity contribution in [1.29, 1.82) is 0 Å². The fourth-order valence-corrected chi connectivity index (χ4v) is 3.86. The summed E-state index contributed by atoms with van der Waals surface area (Å²) in [5.41, 5.74) is 3.07. The fraction of sp³-hybridized carbons (Fsp3) is 0.611. The minimum atomic E-state index is 0.728. The summed E-state index contributed by atoms with van der Waals surface area (Å²) in [6.07, 6.45) is 18.7. The van der Waals surface area contributed by atoms with Crippen molar-refractivity contribution in [2.24, 2.45) is 17.8 Å². The van der Waals surface area contributed by atoms with Crippen LogP contribution in [0.3, 0.4) is 0 Å². The number of nitrogens with zero attached hydrogens (tertiary/aromatic N) is 2. The summed E-state index contributed by atoms with van der Waals surface area (Å²) >= 11 is 0. The molecule has 0 saturated heterocycles. The van der Waals surface area contributed by atoms with E-state index in [4.69, 9.17) is 0 Å². The molecular weight excluding hydrogens is 244 g/mol. The van der Waals surface area contributed by atoms with Crippen molar-refractivity contribution in [2.75, 3.05) is 0 Å². The van der Waals surface area contributed by atoms with Gasteiger partial charge >= 0.3 is 0 Å². The van der Waals surface area contributed by atoms with Gasteiger partial charge in [-0.25, -0.2) is 4.98 Å². The van der Waals surface area contributed by atoms with Crippen LogP contribution in [0, 0.1) is 17.8 Å². The smallest absolute Gasteiger partial charge is 0.0989 e. The number of aromatic nitrogens is 2. The quantitative estimate of drug-likeness (QED) is 0.711. The second-order valence-corrected chi connectivity index (χ2v) is 6.67. The van der Waals surface area contributed by atoms with Gasteiger partial charge < -0.3 is 4.57 Å². The van der Waals surface area contributed by atoms with Crippen LogP contribution < -0.4 is 0 Å². The molecule has 20 heavy (non-hydrogen) atoms. The van der Waals surface area contributed by atoms with E-state index in [-0.39, 0.29) is 0 Å². The van der Waals surface area contributed by atoms with E-state index >= 15 is 0 Å². The van der Waals surface area contributed by atoms with E-state index in [1.165, 1.54) is 44.2 Å².